The second-order valence-corrected chi connectivity index (χ2v) is 9.91. The van der Waals surface area contributed by atoms with Crippen LogP contribution in [0.2, 0.25) is 0 Å². The number of hydrogen-bond donors (Lipinski definition) is 1. The minimum Gasteiger partial charge on any atom is -0.356 e. The molecule has 1 aliphatic rings. The molecular formula is C18H30N2O3S2. The Morgan fingerprint density at radius 3 is 2.88 bits per heavy atom. The second-order valence-electron chi connectivity index (χ2n) is 6.80. The molecule has 2 rings (SSSR count). The largest absolute Gasteiger partial charge is 0.356 e. The van der Waals surface area contributed by atoms with Crippen molar-refractivity contribution in [2.75, 3.05) is 19.6 Å². The third kappa shape index (κ3) is 5.53. The van der Waals surface area contributed by atoms with E-state index in [-0.39, 0.29) is 18.4 Å². The van der Waals surface area contributed by atoms with Gasteiger partial charge in [-0.3, -0.25) is 4.79 Å². The highest BCUT2D eigenvalue weighted by Gasteiger charge is 2.33. The number of thiophene rings is 1. The van der Waals surface area contributed by atoms with E-state index in [1.807, 2.05) is 0 Å². The fraction of sp³-hybridized carbons (Fsp3) is 0.722. The number of amides is 1. The van der Waals surface area contributed by atoms with Crippen molar-refractivity contribution in [1.29, 1.82) is 0 Å². The number of nitrogens with one attached hydrogen (secondary N) is 1. The molecule has 1 aromatic heterocycles. The molecule has 7 heteroatoms. The van der Waals surface area contributed by atoms with Crippen molar-refractivity contribution >= 4 is 27.3 Å². The van der Waals surface area contributed by atoms with Crippen molar-refractivity contribution in [1.82, 2.24) is 9.62 Å². The van der Waals surface area contributed by atoms with E-state index in [9.17, 15) is 13.2 Å². The van der Waals surface area contributed by atoms with Gasteiger partial charge >= 0.3 is 0 Å². The van der Waals surface area contributed by atoms with Gasteiger partial charge in [0.05, 0.1) is 5.92 Å². The zero-order valence-corrected chi connectivity index (χ0v) is 16.9. The van der Waals surface area contributed by atoms with Crippen LogP contribution in [0.25, 0.3) is 0 Å². The maximum absolute atomic E-state index is 12.7. The molecule has 1 N–H and O–H groups in total. The molecule has 0 bridgehead atoms. The van der Waals surface area contributed by atoms with Crippen LogP contribution in [-0.4, -0.2) is 38.3 Å². The zero-order valence-electron chi connectivity index (χ0n) is 15.2. The number of sulfonamides is 1. The van der Waals surface area contributed by atoms with E-state index in [0.717, 1.165) is 25.7 Å². The number of carbonyl (C=O) groups is 1. The van der Waals surface area contributed by atoms with E-state index >= 15 is 0 Å². The minimum absolute atomic E-state index is 0.000952. The summed E-state index contributed by atoms with van der Waals surface area (Å²) in [5, 5.41) is 4.83. The van der Waals surface area contributed by atoms with Crippen LogP contribution in [0.1, 0.15) is 52.4 Å². The van der Waals surface area contributed by atoms with Crippen LogP contribution in [0.5, 0.6) is 0 Å². The van der Waals surface area contributed by atoms with Crippen molar-refractivity contribution in [3.63, 3.8) is 0 Å². The van der Waals surface area contributed by atoms with E-state index in [0.29, 0.717) is 23.2 Å². The van der Waals surface area contributed by atoms with Gasteiger partial charge in [0.25, 0.3) is 10.0 Å². The van der Waals surface area contributed by atoms with Crippen molar-refractivity contribution in [2.45, 2.75) is 56.6 Å². The molecule has 1 fully saturated rings. The molecule has 1 aromatic rings. The van der Waals surface area contributed by atoms with E-state index in [2.05, 4.69) is 19.2 Å². The van der Waals surface area contributed by atoms with Crippen LogP contribution >= 0.6 is 11.3 Å². The number of piperidine rings is 1. The van der Waals surface area contributed by atoms with Crippen molar-refractivity contribution in [3.05, 3.63) is 17.5 Å². The maximum Gasteiger partial charge on any atom is 0.252 e. The van der Waals surface area contributed by atoms with Crippen LogP contribution in [0.15, 0.2) is 21.7 Å². The second kappa shape index (κ2) is 9.69. The zero-order chi connectivity index (χ0) is 18.3. The molecule has 1 aliphatic heterocycles. The van der Waals surface area contributed by atoms with Gasteiger partial charge in [0.2, 0.25) is 5.91 Å². The van der Waals surface area contributed by atoms with Gasteiger partial charge in [-0.05, 0) is 36.6 Å². The number of unbranched alkanes of at least 4 members (excludes halogenated alkanes) is 1. The topological polar surface area (TPSA) is 66.5 Å². The summed E-state index contributed by atoms with van der Waals surface area (Å²) in [4.78, 5) is 12.5. The molecule has 2 atom stereocenters. The van der Waals surface area contributed by atoms with E-state index < -0.39 is 10.0 Å². The summed E-state index contributed by atoms with van der Waals surface area (Å²) in [5.74, 6) is 0.270. The van der Waals surface area contributed by atoms with Gasteiger partial charge < -0.3 is 5.32 Å². The molecule has 0 radical (unpaired) electrons. The summed E-state index contributed by atoms with van der Waals surface area (Å²) in [5.41, 5.74) is 0. The molecule has 2 heterocycles. The van der Waals surface area contributed by atoms with Crippen molar-refractivity contribution in [2.24, 2.45) is 11.8 Å². The fourth-order valence-electron chi connectivity index (χ4n) is 3.24. The Hall–Kier alpha value is -0.920. The Labute approximate surface area is 155 Å². The molecule has 5 nitrogen and oxygen atoms in total. The van der Waals surface area contributed by atoms with Crippen LogP contribution in [0.3, 0.4) is 0 Å². The van der Waals surface area contributed by atoms with Gasteiger partial charge in [-0.25, -0.2) is 8.42 Å². The van der Waals surface area contributed by atoms with Crippen LogP contribution < -0.4 is 5.32 Å². The van der Waals surface area contributed by atoms with Crippen LogP contribution in [0.4, 0.5) is 0 Å². The third-order valence-electron chi connectivity index (χ3n) is 4.95. The highest BCUT2D eigenvalue weighted by Crippen LogP contribution is 2.26. The molecule has 142 valence electrons. The predicted octanol–water partition coefficient (Wildman–Crippen LogP) is 3.48. The van der Waals surface area contributed by atoms with Crippen molar-refractivity contribution in [3.8, 4) is 0 Å². The maximum atomic E-state index is 12.7. The summed E-state index contributed by atoms with van der Waals surface area (Å²) < 4.78 is 27.1. The first kappa shape index (κ1) is 20.4. The van der Waals surface area contributed by atoms with E-state index in [4.69, 9.17) is 0 Å². The quantitative estimate of drug-likeness (QED) is 0.706. The molecule has 0 spiro atoms. The summed E-state index contributed by atoms with van der Waals surface area (Å²) >= 11 is 1.23. The number of hydrogen-bond acceptors (Lipinski definition) is 4. The Morgan fingerprint density at radius 2 is 2.24 bits per heavy atom. The number of rotatable bonds is 9. The lowest BCUT2D eigenvalue weighted by atomic mass is 9.96. The van der Waals surface area contributed by atoms with Gasteiger partial charge in [0, 0.05) is 19.6 Å². The van der Waals surface area contributed by atoms with Gasteiger partial charge in [0.15, 0.2) is 0 Å². The fourth-order valence-corrected chi connectivity index (χ4v) is 5.91. The Kier molecular flexibility index (Phi) is 7.90. The highest BCUT2D eigenvalue weighted by atomic mass is 32.2. The molecule has 1 saturated heterocycles. The Morgan fingerprint density at radius 1 is 1.44 bits per heavy atom. The van der Waals surface area contributed by atoms with Gasteiger partial charge in [-0.2, -0.15) is 4.31 Å². The smallest absolute Gasteiger partial charge is 0.252 e. The number of carbonyl (C=O) groups excluding carboxylic acids is 1. The first-order valence-corrected chi connectivity index (χ1v) is 11.6. The van der Waals surface area contributed by atoms with Gasteiger partial charge in [-0.15, -0.1) is 11.3 Å². The normalized spacial score (nSPS) is 20.3. The average molecular weight is 387 g/mol. The van der Waals surface area contributed by atoms with Crippen LogP contribution in [0, 0.1) is 11.8 Å². The molecule has 1 amide bonds. The van der Waals surface area contributed by atoms with E-state index in [1.54, 1.807) is 17.5 Å². The monoisotopic (exact) mass is 386 g/mol. The minimum atomic E-state index is -3.46. The number of nitrogens with zero attached hydrogens (tertiary/aromatic N) is 1. The summed E-state index contributed by atoms with van der Waals surface area (Å²) in [6, 6.07) is 3.37. The molecular weight excluding hydrogens is 356 g/mol. The third-order valence-corrected chi connectivity index (χ3v) is 8.19. The van der Waals surface area contributed by atoms with Crippen molar-refractivity contribution < 1.29 is 13.2 Å². The summed E-state index contributed by atoms with van der Waals surface area (Å²) in [7, 11) is -3.46. The standard InChI is InChI=1S/C18H30N2O3S2/c1-3-5-8-15(4-2)13-19-18(21)16-9-6-11-20(14-16)25(22,23)17-10-7-12-24-17/h7,10,12,15-16H,3-6,8-9,11,13-14H2,1-2H3,(H,19,21)/t15-,16+/m0/s1. The first-order valence-electron chi connectivity index (χ1n) is 9.30. The Balaban J connectivity index is 1.91. The van der Waals surface area contributed by atoms with Gasteiger partial charge in [0.1, 0.15) is 4.21 Å². The lowest BCUT2D eigenvalue weighted by Gasteiger charge is -2.31. The Bertz CT molecular complexity index is 629. The molecule has 0 aromatic carbocycles. The predicted molar refractivity (Wildman–Crippen MR) is 102 cm³/mol. The molecule has 0 aliphatic carbocycles. The molecule has 0 saturated carbocycles. The average Bonchev–Trinajstić information content (AvgIpc) is 3.17. The molecule has 25 heavy (non-hydrogen) atoms. The summed E-state index contributed by atoms with van der Waals surface area (Å²) in [6.07, 6.45) is 6.04. The van der Waals surface area contributed by atoms with Crippen LogP contribution in [-0.2, 0) is 14.8 Å². The SMILES string of the molecule is CCCC[C@H](CC)CNC(=O)[C@@H]1CCCN(S(=O)(=O)c2cccs2)C1. The highest BCUT2D eigenvalue weighted by molar-refractivity contribution is 7.91. The van der Waals surface area contributed by atoms with E-state index in [1.165, 1.54) is 28.5 Å². The molecule has 0 unspecified atom stereocenters. The first-order chi connectivity index (χ1) is 12.0. The summed E-state index contributed by atoms with van der Waals surface area (Å²) in [6.45, 7) is 5.82. The lowest BCUT2D eigenvalue weighted by molar-refractivity contribution is -0.126. The lowest BCUT2D eigenvalue weighted by Crippen LogP contribution is -2.45. The van der Waals surface area contributed by atoms with Gasteiger partial charge in [-0.1, -0.05) is 39.2 Å².